The molecule has 1 heterocycles. The maximum Gasteiger partial charge on any atom is 0.0101 e. The summed E-state index contributed by atoms with van der Waals surface area (Å²) in [7, 11) is 0. The fraction of sp³-hybridized carbons (Fsp3) is 0.750. The minimum absolute atomic E-state index is 0.740. The van der Waals surface area contributed by atoms with E-state index in [1.165, 1.54) is 45.1 Å². The maximum atomic E-state index is 3.81. The molecule has 3 unspecified atom stereocenters. The number of nitrogens with one attached hydrogen (secondary N) is 1. The summed E-state index contributed by atoms with van der Waals surface area (Å²) in [4.78, 5) is 1.55. The van der Waals surface area contributed by atoms with Gasteiger partial charge < -0.3 is 5.32 Å². The molecule has 102 valence electrons. The SMILES string of the molecule is CCCNC(CCc1cccs1)C1CCCC1C. The van der Waals surface area contributed by atoms with Crippen molar-refractivity contribution in [1.29, 1.82) is 0 Å². The average Bonchev–Trinajstić information content (AvgIpc) is 3.01. The lowest BCUT2D eigenvalue weighted by Gasteiger charge is -2.28. The molecular formula is C16H27NS. The van der Waals surface area contributed by atoms with Crippen molar-refractivity contribution in [2.24, 2.45) is 11.8 Å². The van der Waals surface area contributed by atoms with Gasteiger partial charge in [-0.05, 0) is 55.5 Å². The average molecular weight is 265 g/mol. The molecule has 1 fully saturated rings. The number of thiophene rings is 1. The van der Waals surface area contributed by atoms with Crippen LogP contribution in [0.4, 0.5) is 0 Å². The molecule has 1 aromatic heterocycles. The molecular weight excluding hydrogens is 238 g/mol. The quantitative estimate of drug-likeness (QED) is 0.766. The van der Waals surface area contributed by atoms with E-state index in [-0.39, 0.29) is 0 Å². The highest BCUT2D eigenvalue weighted by Crippen LogP contribution is 2.35. The van der Waals surface area contributed by atoms with Crippen molar-refractivity contribution >= 4 is 11.3 Å². The fourth-order valence-corrected chi connectivity index (χ4v) is 4.05. The molecule has 3 atom stereocenters. The Balaban J connectivity index is 1.87. The van der Waals surface area contributed by atoms with Crippen molar-refractivity contribution in [3.63, 3.8) is 0 Å². The van der Waals surface area contributed by atoms with Gasteiger partial charge in [0.05, 0.1) is 0 Å². The summed E-state index contributed by atoms with van der Waals surface area (Å²) in [6, 6.07) is 5.19. The summed E-state index contributed by atoms with van der Waals surface area (Å²) < 4.78 is 0. The molecule has 0 amide bonds. The van der Waals surface area contributed by atoms with Crippen LogP contribution in [-0.4, -0.2) is 12.6 Å². The van der Waals surface area contributed by atoms with Crippen LogP contribution in [0.25, 0.3) is 0 Å². The molecule has 0 saturated heterocycles. The third-order valence-electron chi connectivity index (χ3n) is 4.38. The monoisotopic (exact) mass is 265 g/mol. The Labute approximate surface area is 116 Å². The molecule has 1 aliphatic rings. The van der Waals surface area contributed by atoms with Gasteiger partial charge in [0.25, 0.3) is 0 Å². The topological polar surface area (TPSA) is 12.0 Å². The van der Waals surface area contributed by atoms with Crippen molar-refractivity contribution in [3.05, 3.63) is 22.4 Å². The molecule has 0 spiro atoms. The second kappa shape index (κ2) is 7.30. The van der Waals surface area contributed by atoms with E-state index in [2.05, 4.69) is 36.7 Å². The normalized spacial score (nSPS) is 25.4. The molecule has 1 N–H and O–H groups in total. The predicted octanol–water partition coefficient (Wildman–Crippen LogP) is 4.49. The van der Waals surface area contributed by atoms with Crippen LogP contribution in [0.5, 0.6) is 0 Å². The largest absolute Gasteiger partial charge is 0.314 e. The maximum absolute atomic E-state index is 3.81. The Kier molecular flexibility index (Phi) is 5.71. The fourth-order valence-electron chi connectivity index (χ4n) is 3.32. The first-order chi connectivity index (χ1) is 8.81. The Hall–Kier alpha value is -0.340. The van der Waals surface area contributed by atoms with E-state index in [0.717, 1.165) is 17.9 Å². The number of hydrogen-bond donors (Lipinski definition) is 1. The Bertz CT molecular complexity index is 320. The third-order valence-corrected chi connectivity index (χ3v) is 5.32. The van der Waals surface area contributed by atoms with Crippen molar-refractivity contribution in [1.82, 2.24) is 5.32 Å². The summed E-state index contributed by atoms with van der Waals surface area (Å²) in [6.07, 6.45) is 8.13. The summed E-state index contributed by atoms with van der Waals surface area (Å²) in [5.41, 5.74) is 0. The smallest absolute Gasteiger partial charge is 0.0101 e. The second-order valence-corrected chi connectivity index (χ2v) is 6.78. The summed E-state index contributed by atoms with van der Waals surface area (Å²) in [6.45, 7) is 5.89. The van der Waals surface area contributed by atoms with Gasteiger partial charge in [-0.25, -0.2) is 0 Å². The van der Waals surface area contributed by atoms with Crippen LogP contribution in [0.15, 0.2) is 17.5 Å². The van der Waals surface area contributed by atoms with Gasteiger partial charge in [-0.3, -0.25) is 0 Å². The number of rotatable bonds is 7. The molecule has 0 aromatic carbocycles. The van der Waals surface area contributed by atoms with Crippen molar-refractivity contribution in [2.45, 2.75) is 58.4 Å². The summed E-state index contributed by atoms with van der Waals surface area (Å²) in [5, 5.41) is 6.01. The molecule has 0 aliphatic heterocycles. The number of hydrogen-bond acceptors (Lipinski definition) is 2. The minimum atomic E-state index is 0.740. The van der Waals surface area contributed by atoms with Gasteiger partial charge in [-0.15, -0.1) is 11.3 Å². The van der Waals surface area contributed by atoms with Crippen LogP contribution in [-0.2, 0) is 6.42 Å². The van der Waals surface area contributed by atoms with Crippen molar-refractivity contribution in [2.75, 3.05) is 6.54 Å². The van der Waals surface area contributed by atoms with E-state index in [9.17, 15) is 0 Å². The van der Waals surface area contributed by atoms with E-state index in [1.54, 1.807) is 4.88 Å². The standard InChI is InChI=1S/C16H27NS/c1-3-11-17-16(15-8-4-6-13(15)2)10-9-14-7-5-12-18-14/h5,7,12-13,15-17H,3-4,6,8-11H2,1-2H3. The predicted molar refractivity (Wildman–Crippen MR) is 81.2 cm³/mol. The summed E-state index contributed by atoms with van der Waals surface area (Å²) in [5.74, 6) is 1.83. The molecule has 1 aliphatic carbocycles. The van der Waals surface area contributed by atoms with Crippen LogP contribution in [0.2, 0.25) is 0 Å². The van der Waals surface area contributed by atoms with E-state index in [0.29, 0.717) is 0 Å². The molecule has 2 heteroatoms. The van der Waals surface area contributed by atoms with Crippen LogP contribution in [0.3, 0.4) is 0 Å². The van der Waals surface area contributed by atoms with E-state index >= 15 is 0 Å². The summed E-state index contributed by atoms with van der Waals surface area (Å²) >= 11 is 1.90. The van der Waals surface area contributed by atoms with E-state index in [1.807, 2.05) is 11.3 Å². The highest BCUT2D eigenvalue weighted by Gasteiger charge is 2.30. The van der Waals surface area contributed by atoms with Gasteiger partial charge >= 0.3 is 0 Å². The van der Waals surface area contributed by atoms with Crippen LogP contribution < -0.4 is 5.32 Å². The lowest BCUT2D eigenvalue weighted by atomic mass is 9.87. The van der Waals surface area contributed by atoms with Crippen LogP contribution in [0, 0.1) is 11.8 Å². The van der Waals surface area contributed by atoms with Gasteiger partial charge in [0.1, 0.15) is 0 Å². The highest BCUT2D eigenvalue weighted by atomic mass is 32.1. The van der Waals surface area contributed by atoms with Gasteiger partial charge in [-0.2, -0.15) is 0 Å². The zero-order chi connectivity index (χ0) is 12.8. The van der Waals surface area contributed by atoms with Crippen LogP contribution >= 0.6 is 11.3 Å². The van der Waals surface area contributed by atoms with Crippen molar-refractivity contribution in [3.8, 4) is 0 Å². The van der Waals surface area contributed by atoms with Gasteiger partial charge in [-0.1, -0.05) is 32.8 Å². The Morgan fingerprint density at radius 3 is 2.94 bits per heavy atom. The van der Waals surface area contributed by atoms with Gasteiger partial charge in [0.2, 0.25) is 0 Å². The minimum Gasteiger partial charge on any atom is -0.314 e. The first kappa shape index (κ1) is 14.1. The molecule has 2 rings (SSSR count). The highest BCUT2D eigenvalue weighted by molar-refractivity contribution is 7.09. The molecule has 1 aromatic rings. The lowest BCUT2D eigenvalue weighted by Crippen LogP contribution is -2.38. The molecule has 18 heavy (non-hydrogen) atoms. The molecule has 1 nitrogen and oxygen atoms in total. The Morgan fingerprint density at radius 1 is 1.44 bits per heavy atom. The second-order valence-electron chi connectivity index (χ2n) is 5.75. The zero-order valence-electron chi connectivity index (χ0n) is 11.8. The number of aryl methyl sites for hydroxylation is 1. The first-order valence-electron chi connectivity index (χ1n) is 7.57. The molecule has 0 bridgehead atoms. The van der Waals surface area contributed by atoms with Gasteiger partial charge in [0.15, 0.2) is 0 Å². The zero-order valence-corrected chi connectivity index (χ0v) is 12.6. The first-order valence-corrected chi connectivity index (χ1v) is 8.45. The van der Waals surface area contributed by atoms with Crippen LogP contribution in [0.1, 0.15) is 50.8 Å². The van der Waals surface area contributed by atoms with Crippen molar-refractivity contribution < 1.29 is 0 Å². The third kappa shape index (κ3) is 3.83. The molecule has 0 radical (unpaired) electrons. The Morgan fingerprint density at radius 2 is 2.33 bits per heavy atom. The van der Waals surface area contributed by atoms with E-state index in [4.69, 9.17) is 0 Å². The van der Waals surface area contributed by atoms with Gasteiger partial charge in [0, 0.05) is 10.9 Å². The van der Waals surface area contributed by atoms with E-state index < -0.39 is 0 Å². The lowest BCUT2D eigenvalue weighted by molar-refractivity contribution is 0.284. The molecule has 1 saturated carbocycles.